The predicted octanol–water partition coefficient (Wildman–Crippen LogP) is 3.19. The molecule has 2 aromatic rings. The summed E-state index contributed by atoms with van der Waals surface area (Å²) in [6.07, 6.45) is 1.72. The molecule has 1 N–H and O–H groups in total. The van der Waals surface area contributed by atoms with Gasteiger partial charge in [0.05, 0.1) is 5.75 Å². The van der Waals surface area contributed by atoms with Crippen molar-refractivity contribution in [2.75, 3.05) is 13.1 Å². The van der Waals surface area contributed by atoms with E-state index in [1.807, 2.05) is 36.4 Å². The third kappa shape index (κ3) is 6.44. The Bertz CT molecular complexity index is 731. The highest BCUT2D eigenvalue weighted by Crippen LogP contribution is 2.15. The van der Waals surface area contributed by atoms with Gasteiger partial charge in [-0.05, 0) is 24.0 Å². The van der Waals surface area contributed by atoms with Crippen LogP contribution in [-0.4, -0.2) is 32.4 Å². The predicted molar refractivity (Wildman–Crippen MR) is 104 cm³/mol. The number of nitrogens with zero attached hydrogens (tertiary/aromatic N) is 1. The second-order valence-corrected chi connectivity index (χ2v) is 8.15. The minimum Gasteiger partial charge on any atom is -0.299 e. The van der Waals surface area contributed by atoms with E-state index in [1.165, 1.54) is 5.56 Å². The van der Waals surface area contributed by atoms with E-state index in [1.54, 1.807) is 0 Å². The van der Waals surface area contributed by atoms with Crippen molar-refractivity contribution in [1.29, 1.82) is 0 Å². The number of hydrogen-bond donors (Lipinski definition) is 1. The van der Waals surface area contributed by atoms with Crippen LogP contribution in [0.4, 0.5) is 0 Å². The first-order valence-electron chi connectivity index (χ1n) is 8.41. The van der Waals surface area contributed by atoms with Gasteiger partial charge in [-0.3, -0.25) is 4.90 Å². The van der Waals surface area contributed by atoms with Gasteiger partial charge in [0.1, 0.15) is 0 Å². The molecule has 0 aromatic heterocycles. The molecule has 3 rings (SSSR count). The number of likely N-dealkylation sites (tertiary alicyclic amines) is 1. The zero-order valence-electron chi connectivity index (χ0n) is 14.2. The summed E-state index contributed by atoms with van der Waals surface area (Å²) in [5.74, 6) is 0.0536. The third-order valence-corrected chi connectivity index (χ3v) is 5.79. The summed E-state index contributed by atoms with van der Waals surface area (Å²) in [7, 11) is -3.28. The monoisotopic (exact) mass is 380 g/mol. The molecular weight excluding hydrogens is 356 g/mol. The summed E-state index contributed by atoms with van der Waals surface area (Å²) in [6, 6.07) is 19.8. The maximum absolute atomic E-state index is 12.3. The fraction of sp³-hybridized carbons (Fsp3) is 0.368. The first kappa shape index (κ1) is 19.9. The zero-order chi connectivity index (χ0) is 16.8. The molecule has 4 nitrogen and oxygen atoms in total. The largest absolute Gasteiger partial charge is 0.299 e. The fourth-order valence-corrected chi connectivity index (χ4v) is 4.60. The minimum atomic E-state index is -3.28. The molecule has 0 atom stereocenters. The lowest BCUT2D eigenvalue weighted by Gasteiger charge is -2.32. The van der Waals surface area contributed by atoms with Crippen molar-refractivity contribution in [1.82, 2.24) is 9.62 Å². The van der Waals surface area contributed by atoms with Crippen molar-refractivity contribution in [3.05, 3.63) is 71.8 Å². The number of benzene rings is 2. The topological polar surface area (TPSA) is 49.4 Å². The van der Waals surface area contributed by atoms with E-state index < -0.39 is 10.0 Å². The minimum absolute atomic E-state index is 0. The Morgan fingerprint density at radius 3 is 1.96 bits per heavy atom. The smallest absolute Gasteiger partial charge is 0.216 e. The molecule has 0 amide bonds. The molecule has 136 valence electrons. The van der Waals surface area contributed by atoms with Gasteiger partial charge in [-0.15, -0.1) is 12.4 Å². The van der Waals surface area contributed by atoms with Crippen molar-refractivity contribution in [2.45, 2.75) is 31.2 Å². The van der Waals surface area contributed by atoms with Gasteiger partial charge in [-0.25, -0.2) is 13.1 Å². The molecule has 0 bridgehead atoms. The molecule has 1 aliphatic rings. The SMILES string of the molecule is Cl.O=S(=O)(Cc1ccccc1)NC1CCN(Cc2ccccc2)CC1. The molecule has 1 fully saturated rings. The quantitative estimate of drug-likeness (QED) is 0.837. The third-order valence-electron chi connectivity index (χ3n) is 4.38. The second-order valence-electron chi connectivity index (χ2n) is 6.40. The molecule has 0 radical (unpaired) electrons. The lowest BCUT2D eigenvalue weighted by molar-refractivity contribution is 0.200. The van der Waals surface area contributed by atoms with Crippen molar-refractivity contribution in [3.63, 3.8) is 0 Å². The lowest BCUT2D eigenvalue weighted by Crippen LogP contribution is -2.44. The molecule has 0 spiro atoms. The standard InChI is InChI=1S/C19H24N2O2S.ClH/c22-24(23,16-18-9-5-2-6-10-18)20-19-11-13-21(14-12-19)15-17-7-3-1-4-8-17;/h1-10,19-20H,11-16H2;1H. The molecule has 0 saturated carbocycles. The normalized spacial score (nSPS) is 16.3. The van der Waals surface area contributed by atoms with Gasteiger partial charge in [0.25, 0.3) is 0 Å². The van der Waals surface area contributed by atoms with Crippen LogP contribution < -0.4 is 4.72 Å². The Morgan fingerprint density at radius 1 is 0.880 bits per heavy atom. The van der Waals surface area contributed by atoms with Gasteiger partial charge in [-0.1, -0.05) is 60.7 Å². The van der Waals surface area contributed by atoms with Crippen LogP contribution >= 0.6 is 12.4 Å². The van der Waals surface area contributed by atoms with Crippen LogP contribution in [0.3, 0.4) is 0 Å². The van der Waals surface area contributed by atoms with Gasteiger partial charge in [0.2, 0.25) is 10.0 Å². The van der Waals surface area contributed by atoms with Crippen LogP contribution in [-0.2, 0) is 22.3 Å². The van der Waals surface area contributed by atoms with Crippen molar-refractivity contribution in [2.24, 2.45) is 0 Å². The van der Waals surface area contributed by atoms with Crippen LogP contribution in [0.2, 0.25) is 0 Å². The van der Waals surface area contributed by atoms with Crippen molar-refractivity contribution >= 4 is 22.4 Å². The van der Waals surface area contributed by atoms with E-state index in [9.17, 15) is 8.42 Å². The van der Waals surface area contributed by atoms with E-state index in [0.717, 1.165) is 38.0 Å². The summed E-state index contributed by atoms with van der Waals surface area (Å²) in [4.78, 5) is 2.39. The second kappa shape index (κ2) is 9.34. The number of halogens is 1. The Kier molecular flexibility index (Phi) is 7.44. The highest BCUT2D eigenvalue weighted by Gasteiger charge is 2.23. The van der Waals surface area contributed by atoms with E-state index >= 15 is 0 Å². The number of rotatable bonds is 6. The maximum atomic E-state index is 12.3. The Labute approximate surface area is 156 Å². The van der Waals surface area contributed by atoms with Crippen LogP contribution in [0, 0.1) is 0 Å². The van der Waals surface area contributed by atoms with Gasteiger partial charge in [0, 0.05) is 25.7 Å². The van der Waals surface area contributed by atoms with E-state index in [0.29, 0.717) is 0 Å². The first-order valence-corrected chi connectivity index (χ1v) is 10.1. The molecular formula is C19H25ClN2O2S. The number of nitrogens with one attached hydrogen (secondary N) is 1. The van der Waals surface area contributed by atoms with Gasteiger partial charge >= 0.3 is 0 Å². The highest BCUT2D eigenvalue weighted by molar-refractivity contribution is 7.88. The fourth-order valence-electron chi connectivity index (χ4n) is 3.14. The van der Waals surface area contributed by atoms with E-state index in [-0.39, 0.29) is 24.2 Å². The molecule has 1 heterocycles. The molecule has 0 aliphatic carbocycles. The average molecular weight is 381 g/mol. The number of sulfonamides is 1. The summed E-state index contributed by atoms with van der Waals surface area (Å²) in [5, 5.41) is 0. The molecule has 25 heavy (non-hydrogen) atoms. The van der Waals surface area contributed by atoms with Crippen LogP contribution in [0.15, 0.2) is 60.7 Å². The summed E-state index contributed by atoms with van der Waals surface area (Å²) in [5.41, 5.74) is 2.13. The van der Waals surface area contributed by atoms with E-state index in [4.69, 9.17) is 0 Å². The Balaban J connectivity index is 0.00000225. The first-order chi connectivity index (χ1) is 11.6. The highest BCUT2D eigenvalue weighted by atomic mass is 35.5. The number of hydrogen-bond acceptors (Lipinski definition) is 3. The molecule has 0 unspecified atom stereocenters. The lowest BCUT2D eigenvalue weighted by atomic mass is 10.1. The summed E-state index contributed by atoms with van der Waals surface area (Å²) in [6.45, 7) is 2.78. The van der Waals surface area contributed by atoms with Gasteiger partial charge in [0.15, 0.2) is 0 Å². The van der Waals surface area contributed by atoms with Crippen molar-refractivity contribution < 1.29 is 8.42 Å². The molecule has 6 heteroatoms. The number of piperidine rings is 1. The molecule has 2 aromatic carbocycles. The Morgan fingerprint density at radius 2 is 1.40 bits per heavy atom. The van der Waals surface area contributed by atoms with Crippen molar-refractivity contribution in [3.8, 4) is 0 Å². The van der Waals surface area contributed by atoms with Gasteiger partial charge in [-0.2, -0.15) is 0 Å². The van der Waals surface area contributed by atoms with Crippen LogP contribution in [0.5, 0.6) is 0 Å². The zero-order valence-corrected chi connectivity index (χ0v) is 15.8. The summed E-state index contributed by atoms with van der Waals surface area (Å²) >= 11 is 0. The molecule has 1 saturated heterocycles. The van der Waals surface area contributed by atoms with Crippen LogP contribution in [0.1, 0.15) is 24.0 Å². The van der Waals surface area contributed by atoms with Crippen LogP contribution in [0.25, 0.3) is 0 Å². The van der Waals surface area contributed by atoms with Gasteiger partial charge < -0.3 is 0 Å². The van der Waals surface area contributed by atoms with E-state index in [2.05, 4.69) is 33.9 Å². The Hall–Kier alpha value is -1.40. The maximum Gasteiger partial charge on any atom is 0.216 e. The molecule has 1 aliphatic heterocycles. The summed E-state index contributed by atoms with van der Waals surface area (Å²) < 4.78 is 27.5. The average Bonchev–Trinajstić information content (AvgIpc) is 2.58.